The van der Waals surface area contributed by atoms with Gasteiger partial charge in [0.2, 0.25) is 5.91 Å². The van der Waals surface area contributed by atoms with Crippen LogP contribution in [-0.2, 0) is 22.8 Å². The smallest absolute Gasteiger partial charge is 0.234 e. The van der Waals surface area contributed by atoms with Gasteiger partial charge in [-0.15, -0.1) is 28.5 Å². The Kier molecular flexibility index (Phi) is 8.42. The fourth-order valence-electron chi connectivity index (χ4n) is 2.74. The lowest BCUT2D eigenvalue weighted by Gasteiger charge is -2.08. The summed E-state index contributed by atoms with van der Waals surface area (Å²) in [7, 11) is 0. The number of nitrogens with zero attached hydrogens (tertiary/aromatic N) is 3. The molecule has 1 heterocycles. The number of nitrogens with one attached hydrogen (secondary N) is 1. The van der Waals surface area contributed by atoms with Gasteiger partial charge in [-0.1, -0.05) is 53.7 Å². The molecule has 0 aliphatic heterocycles. The zero-order valence-corrected chi connectivity index (χ0v) is 19.1. The number of rotatable bonds is 10. The fourth-order valence-corrected chi connectivity index (χ4v) is 4.55. The van der Waals surface area contributed by atoms with Gasteiger partial charge in [-0.05, 0) is 42.3 Å². The van der Waals surface area contributed by atoms with E-state index in [4.69, 9.17) is 11.6 Å². The van der Waals surface area contributed by atoms with Crippen molar-refractivity contribution in [2.75, 3.05) is 11.1 Å². The molecular weight excluding hydrogens is 436 g/mol. The van der Waals surface area contributed by atoms with E-state index in [9.17, 15) is 4.79 Å². The first-order valence-electron chi connectivity index (χ1n) is 9.39. The predicted molar refractivity (Wildman–Crippen MR) is 127 cm³/mol. The monoisotopic (exact) mass is 458 g/mol. The molecule has 0 aliphatic carbocycles. The molecule has 0 spiro atoms. The molecule has 3 aromatic rings. The Morgan fingerprint density at radius 1 is 1.20 bits per heavy atom. The SMILES string of the molecule is C=CCn1c(CSCc2ccc(Cl)cc2)nnc1SCC(=O)Nc1cccc(C)c1. The van der Waals surface area contributed by atoms with E-state index in [1.54, 1.807) is 11.8 Å². The molecule has 3 rings (SSSR count). The number of carbonyl (C=O) groups excluding carboxylic acids is 1. The summed E-state index contributed by atoms with van der Waals surface area (Å²) in [4.78, 5) is 12.3. The van der Waals surface area contributed by atoms with Crippen LogP contribution in [0.25, 0.3) is 0 Å². The van der Waals surface area contributed by atoms with Crippen LogP contribution in [-0.4, -0.2) is 26.4 Å². The summed E-state index contributed by atoms with van der Waals surface area (Å²) in [5, 5.41) is 13.0. The second-order valence-corrected chi connectivity index (χ2v) is 8.99. The van der Waals surface area contributed by atoms with Gasteiger partial charge in [-0.25, -0.2) is 0 Å². The van der Waals surface area contributed by atoms with Crippen LogP contribution in [0.4, 0.5) is 5.69 Å². The average molecular weight is 459 g/mol. The number of hydrogen-bond acceptors (Lipinski definition) is 5. The highest BCUT2D eigenvalue weighted by molar-refractivity contribution is 7.99. The van der Waals surface area contributed by atoms with Crippen LogP contribution in [0.3, 0.4) is 0 Å². The number of anilines is 1. The van der Waals surface area contributed by atoms with Crippen molar-refractivity contribution in [2.24, 2.45) is 0 Å². The normalized spacial score (nSPS) is 10.7. The molecular formula is C22H23ClN4OS2. The molecule has 156 valence electrons. The molecule has 1 aromatic heterocycles. The summed E-state index contributed by atoms with van der Waals surface area (Å²) in [6, 6.07) is 15.6. The molecule has 0 atom stereocenters. The molecule has 0 fully saturated rings. The molecule has 0 saturated carbocycles. The molecule has 30 heavy (non-hydrogen) atoms. The third-order valence-electron chi connectivity index (χ3n) is 4.15. The highest BCUT2D eigenvalue weighted by Crippen LogP contribution is 2.23. The van der Waals surface area contributed by atoms with Crippen molar-refractivity contribution in [1.82, 2.24) is 14.8 Å². The van der Waals surface area contributed by atoms with Gasteiger partial charge in [0, 0.05) is 23.0 Å². The summed E-state index contributed by atoms with van der Waals surface area (Å²) >= 11 is 9.07. The highest BCUT2D eigenvalue weighted by Gasteiger charge is 2.14. The fraction of sp³-hybridized carbons (Fsp3) is 0.227. The van der Waals surface area contributed by atoms with Gasteiger partial charge in [0.25, 0.3) is 0 Å². The van der Waals surface area contributed by atoms with E-state index in [-0.39, 0.29) is 11.7 Å². The van der Waals surface area contributed by atoms with E-state index in [0.717, 1.165) is 38.8 Å². The first kappa shape index (κ1) is 22.5. The first-order valence-corrected chi connectivity index (χ1v) is 11.9. The lowest BCUT2D eigenvalue weighted by Crippen LogP contribution is -2.14. The van der Waals surface area contributed by atoms with E-state index in [1.165, 1.54) is 17.3 Å². The summed E-state index contributed by atoms with van der Waals surface area (Å²) in [6.45, 7) is 6.43. The molecule has 0 saturated heterocycles. The largest absolute Gasteiger partial charge is 0.325 e. The van der Waals surface area contributed by atoms with E-state index < -0.39 is 0 Å². The van der Waals surface area contributed by atoms with Gasteiger partial charge in [-0.2, -0.15) is 0 Å². The van der Waals surface area contributed by atoms with Gasteiger partial charge >= 0.3 is 0 Å². The Morgan fingerprint density at radius 3 is 2.73 bits per heavy atom. The van der Waals surface area contributed by atoms with Crippen molar-refractivity contribution in [3.05, 3.63) is 83.2 Å². The maximum Gasteiger partial charge on any atom is 0.234 e. The van der Waals surface area contributed by atoms with Gasteiger partial charge in [0.1, 0.15) is 5.82 Å². The number of benzene rings is 2. The average Bonchev–Trinajstić information content (AvgIpc) is 3.10. The summed E-state index contributed by atoms with van der Waals surface area (Å²) in [6.07, 6.45) is 1.81. The molecule has 5 nitrogen and oxygen atoms in total. The number of thioether (sulfide) groups is 2. The van der Waals surface area contributed by atoms with Crippen LogP contribution >= 0.6 is 35.1 Å². The quantitative estimate of drug-likeness (QED) is 0.317. The predicted octanol–water partition coefficient (Wildman–Crippen LogP) is 5.59. The van der Waals surface area contributed by atoms with Crippen molar-refractivity contribution in [3.8, 4) is 0 Å². The topological polar surface area (TPSA) is 59.8 Å². The second-order valence-electron chi connectivity index (χ2n) is 6.62. The number of aryl methyl sites for hydroxylation is 1. The number of hydrogen-bond donors (Lipinski definition) is 1. The molecule has 1 N–H and O–H groups in total. The van der Waals surface area contributed by atoms with E-state index in [2.05, 4.69) is 22.1 Å². The molecule has 1 amide bonds. The number of aromatic nitrogens is 3. The zero-order valence-electron chi connectivity index (χ0n) is 16.7. The van der Waals surface area contributed by atoms with Crippen LogP contribution in [0.2, 0.25) is 5.02 Å². The Balaban J connectivity index is 1.55. The lowest BCUT2D eigenvalue weighted by atomic mass is 10.2. The minimum absolute atomic E-state index is 0.0718. The third kappa shape index (κ3) is 6.65. The van der Waals surface area contributed by atoms with Crippen LogP contribution < -0.4 is 5.32 Å². The van der Waals surface area contributed by atoms with E-state index in [0.29, 0.717) is 6.54 Å². The summed E-state index contributed by atoms with van der Waals surface area (Å²) in [5.74, 6) is 2.65. The Bertz CT molecular complexity index is 1000. The van der Waals surface area contributed by atoms with E-state index >= 15 is 0 Å². The van der Waals surface area contributed by atoms with Gasteiger partial charge in [0.15, 0.2) is 5.16 Å². The molecule has 2 aromatic carbocycles. The van der Waals surface area contributed by atoms with Crippen LogP contribution in [0.5, 0.6) is 0 Å². The lowest BCUT2D eigenvalue weighted by molar-refractivity contribution is -0.113. The van der Waals surface area contributed by atoms with Crippen molar-refractivity contribution in [3.63, 3.8) is 0 Å². The van der Waals surface area contributed by atoms with Crippen molar-refractivity contribution < 1.29 is 4.79 Å². The number of amides is 1. The Hall–Kier alpha value is -2.22. The van der Waals surface area contributed by atoms with Gasteiger partial charge in [-0.3, -0.25) is 4.79 Å². The highest BCUT2D eigenvalue weighted by atomic mass is 35.5. The third-order valence-corrected chi connectivity index (χ3v) is 6.37. The number of halogens is 1. The molecule has 0 unspecified atom stereocenters. The van der Waals surface area contributed by atoms with Crippen LogP contribution in [0.1, 0.15) is 17.0 Å². The number of carbonyl (C=O) groups is 1. The van der Waals surface area contributed by atoms with Crippen molar-refractivity contribution in [1.29, 1.82) is 0 Å². The molecule has 0 bridgehead atoms. The standard InChI is InChI=1S/C22H23ClN4OS2/c1-3-11-27-20(14-29-13-17-7-9-18(23)10-8-17)25-26-22(27)30-15-21(28)24-19-6-4-5-16(2)12-19/h3-10,12H,1,11,13-15H2,2H3,(H,24,28). The maximum atomic E-state index is 12.3. The number of allylic oxidation sites excluding steroid dienone is 1. The van der Waals surface area contributed by atoms with Gasteiger partial charge < -0.3 is 9.88 Å². The summed E-state index contributed by atoms with van der Waals surface area (Å²) in [5.41, 5.74) is 3.11. The van der Waals surface area contributed by atoms with Crippen LogP contribution in [0, 0.1) is 6.92 Å². The molecule has 8 heteroatoms. The minimum Gasteiger partial charge on any atom is -0.325 e. The Morgan fingerprint density at radius 2 is 2.00 bits per heavy atom. The molecule has 0 aliphatic rings. The second kappa shape index (κ2) is 11.2. The molecule has 0 radical (unpaired) electrons. The van der Waals surface area contributed by atoms with Gasteiger partial charge in [0.05, 0.1) is 11.5 Å². The summed E-state index contributed by atoms with van der Waals surface area (Å²) < 4.78 is 2.01. The van der Waals surface area contributed by atoms with Crippen molar-refractivity contribution in [2.45, 2.75) is 30.1 Å². The van der Waals surface area contributed by atoms with Crippen LogP contribution in [0.15, 0.2) is 66.3 Å². The zero-order chi connectivity index (χ0) is 21.3. The minimum atomic E-state index is -0.0718. The Labute approximate surface area is 190 Å². The van der Waals surface area contributed by atoms with Crippen molar-refractivity contribution >= 4 is 46.7 Å². The van der Waals surface area contributed by atoms with E-state index in [1.807, 2.05) is 66.1 Å². The first-order chi connectivity index (χ1) is 14.5. The maximum absolute atomic E-state index is 12.3.